The number of hydrogen-bond acceptors (Lipinski definition) is 4. The zero-order chi connectivity index (χ0) is 11.4. The van der Waals surface area contributed by atoms with Gasteiger partial charge in [0.1, 0.15) is 5.75 Å². The Bertz CT molecular complexity index is 450. The van der Waals surface area contributed by atoms with Crippen molar-refractivity contribution < 1.29 is 4.74 Å². The van der Waals surface area contributed by atoms with Gasteiger partial charge in [-0.1, -0.05) is 0 Å². The molecule has 0 radical (unpaired) electrons. The van der Waals surface area contributed by atoms with Crippen molar-refractivity contribution in [2.45, 2.75) is 13.5 Å². The number of ether oxygens (including phenoxy) is 1. The second kappa shape index (κ2) is 4.99. The van der Waals surface area contributed by atoms with E-state index >= 15 is 0 Å². The first kappa shape index (κ1) is 11.0. The van der Waals surface area contributed by atoms with E-state index in [-0.39, 0.29) is 0 Å². The summed E-state index contributed by atoms with van der Waals surface area (Å²) in [6, 6.07) is 7.90. The highest BCUT2D eigenvalue weighted by atomic mass is 32.1. The molecule has 0 aliphatic carbocycles. The smallest absolute Gasteiger partial charge is 0.119 e. The summed E-state index contributed by atoms with van der Waals surface area (Å²) in [5.74, 6) is 0.874. The third kappa shape index (κ3) is 2.73. The lowest BCUT2D eigenvalue weighted by Crippen LogP contribution is -1.96. The van der Waals surface area contributed by atoms with Gasteiger partial charge in [-0.05, 0) is 31.2 Å². The Morgan fingerprint density at radius 2 is 2.06 bits per heavy atom. The van der Waals surface area contributed by atoms with Crippen molar-refractivity contribution in [2.75, 3.05) is 12.4 Å². The van der Waals surface area contributed by atoms with Crippen molar-refractivity contribution in [3.05, 3.63) is 40.3 Å². The summed E-state index contributed by atoms with van der Waals surface area (Å²) < 4.78 is 5.10. The Balaban J connectivity index is 1.94. The van der Waals surface area contributed by atoms with Gasteiger partial charge in [-0.2, -0.15) is 0 Å². The first-order chi connectivity index (χ1) is 7.78. The van der Waals surface area contributed by atoms with Crippen LogP contribution in [0.4, 0.5) is 5.69 Å². The fraction of sp³-hybridized carbons (Fsp3) is 0.250. The van der Waals surface area contributed by atoms with Crippen LogP contribution in [0, 0.1) is 6.92 Å². The molecule has 0 amide bonds. The van der Waals surface area contributed by atoms with Gasteiger partial charge in [-0.3, -0.25) is 0 Å². The van der Waals surface area contributed by atoms with E-state index in [1.807, 2.05) is 37.4 Å². The number of aryl methyl sites for hydroxylation is 1. The van der Waals surface area contributed by atoms with Crippen molar-refractivity contribution >= 4 is 17.0 Å². The van der Waals surface area contributed by atoms with Crippen molar-refractivity contribution in [1.29, 1.82) is 0 Å². The van der Waals surface area contributed by atoms with Crippen LogP contribution in [0.25, 0.3) is 0 Å². The summed E-state index contributed by atoms with van der Waals surface area (Å²) in [4.78, 5) is 5.46. The van der Waals surface area contributed by atoms with Crippen LogP contribution >= 0.6 is 11.3 Å². The SMILES string of the molecule is COc1ccc(NCc2cnc(C)s2)cc1. The second-order valence-corrected chi connectivity index (χ2v) is 4.75. The number of hydrogen-bond donors (Lipinski definition) is 1. The second-order valence-electron chi connectivity index (χ2n) is 3.43. The number of thiazole rings is 1. The minimum atomic E-state index is 0.817. The molecule has 1 aromatic heterocycles. The van der Waals surface area contributed by atoms with E-state index < -0.39 is 0 Å². The number of anilines is 1. The van der Waals surface area contributed by atoms with Crippen molar-refractivity contribution in [2.24, 2.45) is 0 Å². The van der Waals surface area contributed by atoms with Gasteiger partial charge < -0.3 is 10.1 Å². The maximum Gasteiger partial charge on any atom is 0.119 e. The monoisotopic (exact) mass is 234 g/mol. The summed E-state index contributed by atoms with van der Waals surface area (Å²) in [5, 5.41) is 4.44. The molecule has 3 nitrogen and oxygen atoms in total. The normalized spacial score (nSPS) is 10.1. The molecule has 0 saturated carbocycles. The minimum absolute atomic E-state index is 0.817. The Hall–Kier alpha value is -1.55. The molecule has 84 valence electrons. The number of nitrogens with zero attached hydrogens (tertiary/aromatic N) is 1. The maximum atomic E-state index is 5.10. The average Bonchev–Trinajstić information content (AvgIpc) is 2.73. The van der Waals surface area contributed by atoms with E-state index in [9.17, 15) is 0 Å². The van der Waals surface area contributed by atoms with Crippen molar-refractivity contribution in [1.82, 2.24) is 4.98 Å². The average molecular weight is 234 g/mol. The molecule has 1 aromatic carbocycles. The third-order valence-electron chi connectivity index (χ3n) is 2.23. The van der Waals surface area contributed by atoms with Crippen molar-refractivity contribution in [3.8, 4) is 5.75 Å². The summed E-state index contributed by atoms with van der Waals surface area (Å²) in [6.07, 6.45) is 1.91. The molecule has 2 aromatic rings. The van der Waals surface area contributed by atoms with E-state index in [1.54, 1.807) is 18.4 Å². The van der Waals surface area contributed by atoms with Crippen LogP contribution in [-0.2, 0) is 6.54 Å². The van der Waals surface area contributed by atoms with Crippen LogP contribution in [0.5, 0.6) is 5.75 Å². The van der Waals surface area contributed by atoms with Gasteiger partial charge in [0.15, 0.2) is 0 Å². The molecule has 0 saturated heterocycles. The van der Waals surface area contributed by atoms with Gasteiger partial charge in [0.25, 0.3) is 0 Å². The lowest BCUT2D eigenvalue weighted by Gasteiger charge is -2.05. The zero-order valence-electron chi connectivity index (χ0n) is 9.36. The number of methoxy groups -OCH3 is 1. The molecule has 0 bridgehead atoms. The Labute approximate surface area is 99.1 Å². The highest BCUT2D eigenvalue weighted by Crippen LogP contribution is 2.17. The number of nitrogens with one attached hydrogen (secondary N) is 1. The number of aromatic nitrogens is 1. The molecular weight excluding hydrogens is 220 g/mol. The maximum absolute atomic E-state index is 5.10. The van der Waals surface area contributed by atoms with E-state index in [4.69, 9.17) is 4.74 Å². The van der Waals surface area contributed by atoms with Crippen LogP contribution in [0.15, 0.2) is 30.5 Å². The molecule has 16 heavy (non-hydrogen) atoms. The van der Waals surface area contributed by atoms with Crippen LogP contribution in [0.3, 0.4) is 0 Å². The molecule has 0 atom stereocenters. The molecule has 0 spiro atoms. The lowest BCUT2D eigenvalue weighted by molar-refractivity contribution is 0.415. The van der Waals surface area contributed by atoms with E-state index in [1.165, 1.54) is 4.88 Å². The molecule has 1 heterocycles. The van der Waals surface area contributed by atoms with Gasteiger partial charge in [0.2, 0.25) is 0 Å². The predicted molar refractivity (Wildman–Crippen MR) is 67.2 cm³/mol. The van der Waals surface area contributed by atoms with E-state index in [2.05, 4.69) is 10.3 Å². The molecular formula is C12H14N2OS. The molecule has 2 rings (SSSR count). The van der Waals surface area contributed by atoms with Gasteiger partial charge in [-0.25, -0.2) is 4.98 Å². The summed E-state index contributed by atoms with van der Waals surface area (Å²) in [6.45, 7) is 2.83. The molecule has 0 aliphatic heterocycles. The fourth-order valence-electron chi connectivity index (χ4n) is 1.39. The zero-order valence-corrected chi connectivity index (χ0v) is 10.2. The first-order valence-corrected chi connectivity index (χ1v) is 5.89. The first-order valence-electron chi connectivity index (χ1n) is 5.07. The van der Waals surface area contributed by atoms with Gasteiger partial charge >= 0.3 is 0 Å². The number of rotatable bonds is 4. The summed E-state index contributed by atoms with van der Waals surface area (Å²) in [7, 11) is 1.67. The summed E-state index contributed by atoms with van der Waals surface area (Å²) >= 11 is 1.72. The summed E-state index contributed by atoms with van der Waals surface area (Å²) in [5.41, 5.74) is 1.09. The standard InChI is InChI=1S/C12H14N2OS/c1-9-13-7-12(16-9)8-14-10-3-5-11(15-2)6-4-10/h3-7,14H,8H2,1-2H3. The highest BCUT2D eigenvalue weighted by Gasteiger charge is 1.98. The minimum Gasteiger partial charge on any atom is -0.497 e. The largest absolute Gasteiger partial charge is 0.497 e. The van der Waals surface area contributed by atoms with Crippen LogP contribution < -0.4 is 10.1 Å². The fourth-order valence-corrected chi connectivity index (χ4v) is 2.12. The number of benzene rings is 1. The topological polar surface area (TPSA) is 34.1 Å². The Kier molecular flexibility index (Phi) is 3.41. The molecule has 1 N–H and O–H groups in total. The molecule has 4 heteroatoms. The van der Waals surface area contributed by atoms with E-state index in [0.29, 0.717) is 0 Å². The quantitative estimate of drug-likeness (QED) is 0.882. The van der Waals surface area contributed by atoms with Gasteiger partial charge in [0.05, 0.1) is 18.7 Å². The third-order valence-corrected chi connectivity index (χ3v) is 3.14. The molecule has 0 aliphatic rings. The highest BCUT2D eigenvalue weighted by molar-refractivity contribution is 7.11. The predicted octanol–water partition coefficient (Wildman–Crippen LogP) is 3.07. The van der Waals surface area contributed by atoms with E-state index in [0.717, 1.165) is 23.0 Å². The van der Waals surface area contributed by atoms with Gasteiger partial charge in [-0.15, -0.1) is 11.3 Å². The molecule has 0 unspecified atom stereocenters. The van der Waals surface area contributed by atoms with Crippen LogP contribution in [0.2, 0.25) is 0 Å². The lowest BCUT2D eigenvalue weighted by atomic mass is 10.3. The Morgan fingerprint density at radius 3 is 2.62 bits per heavy atom. The van der Waals surface area contributed by atoms with Crippen LogP contribution in [0.1, 0.15) is 9.88 Å². The molecule has 0 fully saturated rings. The Morgan fingerprint density at radius 1 is 1.31 bits per heavy atom. The van der Waals surface area contributed by atoms with Gasteiger partial charge in [0, 0.05) is 16.8 Å². The van der Waals surface area contributed by atoms with Crippen LogP contribution in [-0.4, -0.2) is 12.1 Å². The van der Waals surface area contributed by atoms with Crippen molar-refractivity contribution in [3.63, 3.8) is 0 Å².